The van der Waals surface area contributed by atoms with Crippen molar-refractivity contribution >= 4 is 34.1 Å². The van der Waals surface area contributed by atoms with Crippen LogP contribution in [-0.4, -0.2) is 9.97 Å². The second kappa shape index (κ2) is 5.24. The van der Waals surface area contributed by atoms with Gasteiger partial charge in [-0.15, -0.1) is 0 Å². The molecule has 3 aromatic rings. The highest BCUT2D eigenvalue weighted by Crippen LogP contribution is 2.29. The molecule has 0 aliphatic heterocycles. The van der Waals surface area contributed by atoms with Crippen LogP contribution in [0.5, 0.6) is 0 Å². The highest BCUT2D eigenvalue weighted by Gasteiger charge is 2.12. The normalized spacial score (nSPS) is 11.1. The van der Waals surface area contributed by atoms with Gasteiger partial charge < -0.3 is 0 Å². The molecule has 0 bridgehead atoms. The minimum atomic E-state index is -0.314. The molecule has 0 spiro atoms. The molecular weight excluding hydrogens is 310 g/mol. The second-order valence-corrected chi connectivity index (χ2v) is 5.72. The molecule has 21 heavy (non-hydrogen) atoms. The van der Waals surface area contributed by atoms with E-state index in [4.69, 9.17) is 23.2 Å². The summed E-state index contributed by atoms with van der Waals surface area (Å²) in [6.45, 7) is 3.61. The largest absolute Gasteiger partial charge is 0.228 e. The van der Waals surface area contributed by atoms with Crippen molar-refractivity contribution in [1.82, 2.24) is 9.97 Å². The number of rotatable bonds is 1. The lowest BCUT2D eigenvalue weighted by molar-refractivity contribution is 0.620. The molecule has 0 saturated carbocycles. The maximum Gasteiger partial charge on any atom is 0.161 e. The number of hydrogen-bond acceptors (Lipinski definition) is 2. The van der Waals surface area contributed by atoms with Gasteiger partial charge in [-0.1, -0.05) is 23.2 Å². The highest BCUT2D eigenvalue weighted by atomic mass is 35.5. The molecule has 0 unspecified atom stereocenters. The first-order chi connectivity index (χ1) is 9.95. The molecule has 0 radical (unpaired) electrons. The third kappa shape index (κ3) is 2.59. The molecule has 2 aromatic carbocycles. The molecule has 0 saturated heterocycles. The number of hydrogen-bond donors (Lipinski definition) is 0. The number of benzene rings is 2. The average molecular weight is 321 g/mol. The van der Waals surface area contributed by atoms with Crippen molar-refractivity contribution in [3.8, 4) is 11.4 Å². The molecule has 0 fully saturated rings. The molecule has 3 rings (SSSR count). The fourth-order valence-corrected chi connectivity index (χ4v) is 2.79. The Bertz CT molecular complexity index is 842. The Morgan fingerprint density at radius 1 is 1.00 bits per heavy atom. The summed E-state index contributed by atoms with van der Waals surface area (Å²) in [5, 5.41) is 1.54. The van der Waals surface area contributed by atoms with Crippen molar-refractivity contribution in [1.29, 1.82) is 0 Å². The highest BCUT2D eigenvalue weighted by molar-refractivity contribution is 6.34. The summed E-state index contributed by atoms with van der Waals surface area (Å²) in [4.78, 5) is 8.75. The van der Waals surface area contributed by atoms with Gasteiger partial charge in [0, 0.05) is 21.5 Å². The topological polar surface area (TPSA) is 25.8 Å². The van der Waals surface area contributed by atoms with Crippen LogP contribution in [0.1, 0.15) is 11.1 Å². The summed E-state index contributed by atoms with van der Waals surface area (Å²) in [5.41, 5.74) is 2.72. The van der Waals surface area contributed by atoms with Crippen molar-refractivity contribution in [2.24, 2.45) is 0 Å². The van der Waals surface area contributed by atoms with Gasteiger partial charge in [0.2, 0.25) is 0 Å². The summed E-state index contributed by atoms with van der Waals surface area (Å²) in [6.07, 6.45) is 0. The van der Waals surface area contributed by atoms with E-state index in [1.54, 1.807) is 19.1 Å². The molecule has 0 N–H and O–H groups in total. The minimum absolute atomic E-state index is 0.302. The summed E-state index contributed by atoms with van der Waals surface area (Å²) in [6, 6.07) is 8.49. The Balaban J connectivity index is 2.31. The first kappa shape index (κ1) is 14.2. The monoisotopic (exact) mass is 320 g/mol. The van der Waals surface area contributed by atoms with Gasteiger partial charge in [-0.25, -0.2) is 14.4 Å². The maximum atomic E-state index is 13.7. The molecule has 0 aliphatic carbocycles. The van der Waals surface area contributed by atoms with E-state index in [0.717, 1.165) is 11.1 Å². The van der Waals surface area contributed by atoms with Gasteiger partial charge >= 0.3 is 0 Å². The Morgan fingerprint density at radius 2 is 1.76 bits per heavy atom. The number of nitrogens with zero attached hydrogens (tertiary/aromatic N) is 2. The molecule has 0 aliphatic rings. The fourth-order valence-electron chi connectivity index (χ4n) is 2.26. The molecule has 0 amide bonds. The van der Waals surface area contributed by atoms with Crippen LogP contribution < -0.4 is 0 Å². The standard InChI is InChI=1S/C16H11Cl2FN2/c1-8-5-10(7-11(17)6-8)16-20-14-9(2)13(19)4-3-12(14)15(18)21-16/h3-7H,1-2H3. The van der Waals surface area contributed by atoms with Crippen LogP contribution in [0.2, 0.25) is 10.2 Å². The number of halogens is 3. The molecule has 1 heterocycles. The van der Waals surface area contributed by atoms with E-state index in [0.29, 0.717) is 32.5 Å². The third-order valence-electron chi connectivity index (χ3n) is 3.31. The predicted octanol–water partition coefficient (Wildman–Crippen LogP) is 5.36. The lowest BCUT2D eigenvalue weighted by Gasteiger charge is -2.08. The zero-order chi connectivity index (χ0) is 15.1. The van der Waals surface area contributed by atoms with Gasteiger partial charge in [-0.2, -0.15) is 0 Å². The van der Waals surface area contributed by atoms with E-state index in [2.05, 4.69) is 9.97 Å². The zero-order valence-corrected chi connectivity index (χ0v) is 12.9. The fraction of sp³-hybridized carbons (Fsp3) is 0.125. The molecule has 5 heteroatoms. The molecule has 106 valence electrons. The number of aryl methyl sites for hydroxylation is 2. The lowest BCUT2D eigenvalue weighted by Crippen LogP contribution is -1.96. The lowest BCUT2D eigenvalue weighted by atomic mass is 10.1. The van der Waals surface area contributed by atoms with Gasteiger partial charge in [0.15, 0.2) is 5.82 Å². The zero-order valence-electron chi connectivity index (χ0n) is 11.4. The van der Waals surface area contributed by atoms with E-state index in [1.165, 1.54) is 6.07 Å². The summed E-state index contributed by atoms with van der Waals surface area (Å²) >= 11 is 12.3. The second-order valence-electron chi connectivity index (χ2n) is 4.92. The van der Waals surface area contributed by atoms with Gasteiger partial charge in [0.25, 0.3) is 0 Å². The first-order valence-corrected chi connectivity index (χ1v) is 7.11. The Morgan fingerprint density at radius 3 is 2.48 bits per heavy atom. The van der Waals surface area contributed by atoms with Crippen LogP contribution in [0.3, 0.4) is 0 Å². The number of aromatic nitrogens is 2. The van der Waals surface area contributed by atoms with Crippen molar-refractivity contribution in [2.75, 3.05) is 0 Å². The van der Waals surface area contributed by atoms with E-state index < -0.39 is 0 Å². The maximum absolute atomic E-state index is 13.7. The van der Waals surface area contributed by atoms with E-state index in [9.17, 15) is 4.39 Å². The van der Waals surface area contributed by atoms with Crippen molar-refractivity contribution in [2.45, 2.75) is 13.8 Å². The third-order valence-corrected chi connectivity index (χ3v) is 3.82. The Labute approximate surface area is 131 Å². The SMILES string of the molecule is Cc1cc(Cl)cc(-c2nc(Cl)c3ccc(F)c(C)c3n2)c1. The number of fused-ring (bicyclic) bond motifs is 1. The smallest absolute Gasteiger partial charge is 0.161 e. The van der Waals surface area contributed by atoms with Crippen molar-refractivity contribution < 1.29 is 4.39 Å². The average Bonchev–Trinajstić information content (AvgIpc) is 2.42. The van der Waals surface area contributed by atoms with Gasteiger partial charge in [-0.05, 0) is 49.7 Å². The van der Waals surface area contributed by atoms with Crippen LogP contribution in [0, 0.1) is 19.7 Å². The summed E-state index contributed by atoms with van der Waals surface area (Å²) in [7, 11) is 0. The summed E-state index contributed by atoms with van der Waals surface area (Å²) in [5.74, 6) is 0.122. The van der Waals surface area contributed by atoms with E-state index in [1.807, 2.05) is 19.1 Å². The van der Waals surface area contributed by atoms with Crippen LogP contribution in [-0.2, 0) is 0 Å². The molecular formula is C16H11Cl2FN2. The minimum Gasteiger partial charge on any atom is -0.228 e. The quantitative estimate of drug-likeness (QED) is 0.564. The van der Waals surface area contributed by atoms with E-state index in [-0.39, 0.29) is 5.82 Å². The Kier molecular flexibility index (Phi) is 3.56. The first-order valence-electron chi connectivity index (χ1n) is 6.35. The van der Waals surface area contributed by atoms with Crippen LogP contribution in [0.4, 0.5) is 4.39 Å². The van der Waals surface area contributed by atoms with Crippen molar-refractivity contribution in [3.05, 3.63) is 57.5 Å². The molecule has 2 nitrogen and oxygen atoms in total. The van der Waals surface area contributed by atoms with Gasteiger partial charge in [-0.3, -0.25) is 0 Å². The van der Waals surface area contributed by atoms with Crippen LogP contribution >= 0.6 is 23.2 Å². The molecule has 0 atom stereocenters. The summed E-state index contributed by atoms with van der Waals surface area (Å²) < 4.78 is 13.7. The predicted molar refractivity (Wildman–Crippen MR) is 84.4 cm³/mol. The van der Waals surface area contributed by atoms with Gasteiger partial charge in [0.1, 0.15) is 11.0 Å². The molecule has 1 aromatic heterocycles. The Hall–Kier alpha value is -1.71. The van der Waals surface area contributed by atoms with E-state index >= 15 is 0 Å². The van der Waals surface area contributed by atoms with Crippen LogP contribution in [0.25, 0.3) is 22.3 Å². The van der Waals surface area contributed by atoms with Gasteiger partial charge in [0.05, 0.1) is 5.52 Å². The van der Waals surface area contributed by atoms with Crippen LogP contribution in [0.15, 0.2) is 30.3 Å². The van der Waals surface area contributed by atoms with Crippen molar-refractivity contribution in [3.63, 3.8) is 0 Å².